The van der Waals surface area contributed by atoms with Crippen molar-refractivity contribution in [1.29, 1.82) is 0 Å². The van der Waals surface area contributed by atoms with Crippen LogP contribution in [-0.2, 0) is 16.2 Å². The van der Waals surface area contributed by atoms with Crippen molar-refractivity contribution in [1.82, 2.24) is 9.13 Å². The number of aromatic nitrogens is 2. The van der Waals surface area contributed by atoms with Crippen LogP contribution in [-0.4, -0.2) is 9.13 Å². The fourth-order valence-corrected chi connectivity index (χ4v) is 15.4. The molecule has 0 radical (unpaired) electrons. The molecule has 2 heterocycles. The van der Waals surface area contributed by atoms with Crippen LogP contribution in [0.2, 0.25) is 0 Å². The summed E-state index contributed by atoms with van der Waals surface area (Å²) in [4.78, 5) is 0. The number of fused-ring (bicyclic) bond motifs is 15. The lowest BCUT2D eigenvalue weighted by Crippen LogP contribution is -2.15. The minimum Gasteiger partial charge on any atom is -0.309 e. The Morgan fingerprint density at radius 2 is 0.600 bits per heavy atom. The molecule has 0 unspecified atom stereocenters. The Kier molecular flexibility index (Phi) is 10.5. The number of benzene rings is 12. The van der Waals surface area contributed by atoms with Crippen LogP contribution in [0.15, 0.2) is 255 Å². The molecule has 0 aliphatic heterocycles. The molecule has 0 saturated carbocycles. The molecule has 0 bridgehead atoms. The van der Waals surface area contributed by atoms with Gasteiger partial charge in [-0.3, -0.25) is 0 Å². The molecule has 2 nitrogen and oxygen atoms in total. The predicted molar refractivity (Wildman–Crippen MR) is 359 cm³/mol. The van der Waals surface area contributed by atoms with Crippen LogP contribution in [0, 0.1) is 0 Å². The van der Waals surface area contributed by atoms with E-state index in [2.05, 4.69) is 318 Å². The molecule has 0 amide bonds. The number of para-hydroxylation sites is 3. The van der Waals surface area contributed by atoms with Crippen molar-refractivity contribution in [3.8, 4) is 78.1 Å². The summed E-state index contributed by atoms with van der Waals surface area (Å²) in [5, 5.41) is 5.07. The van der Waals surface area contributed by atoms with Gasteiger partial charge in [0.05, 0.1) is 22.1 Å². The molecule has 2 heteroatoms. The molecule has 0 atom stereocenters. The summed E-state index contributed by atoms with van der Waals surface area (Å²) >= 11 is 0. The van der Waals surface area contributed by atoms with Crippen LogP contribution in [0.4, 0.5) is 0 Å². The van der Waals surface area contributed by atoms with Crippen molar-refractivity contribution in [2.24, 2.45) is 0 Å². The van der Waals surface area contributed by atoms with E-state index in [-0.39, 0.29) is 16.2 Å². The SMILES string of the molecule is CC1(C)c2cc(-c3ccc(/C=C/c4ccc5c(c4)c4ccccc4n5-c4ccccc4)cc3)ccc2-c2ccc(-c3ccc4c(c3)C(C)(C)c3cc(-c5ccc6c(c5)c5ccccc5n6-c5ccc6c(c5)C(C)(C)c5ccccc5-6)ccc3-4)cc21. The maximum absolute atomic E-state index is 2.48. The van der Waals surface area contributed by atoms with Crippen molar-refractivity contribution in [2.45, 2.75) is 57.8 Å². The predicted octanol–water partition coefficient (Wildman–Crippen LogP) is 22.0. The highest BCUT2D eigenvalue weighted by atomic mass is 15.0. The zero-order chi connectivity index (χ0) is 57.1. The molecule has 0 spiro atoms. The van der Waals surface area contributed by atoms with E-state index in [4.69, 9.17) is 0 Å². The third-order valence-corrected chi connectivity index (χ3v) is 19.9. The summed E-state index contributed by atoms with van der Waals surface area (Å²) in [6.45, 7) is 14.4. The van der Waals surface area contributed by atoms with Gasteiger partial charge in [0.2, 0.25) is 0 Å². The molecule has 14 aromatic rings. The highest BCUT2D eigenvalue weighted by Gasteiger charge is 2.39. The first-order chi connectivity index (χ1) is 41.4. The monoisotopic (exact) mass is 1090 g/mol. The minimum absolute atomic E-state index is 0.0708. The Morgan fingerprint density at radius 3 is 1.18 bits per heavy atom. The van der Waals surface area contributed by atoms with Gasteiger partial charge in [-0.1, -0.05) is 224 Å². The van der Waals surface area contributed by atoms with Gasteiger partial charge in [0.25, 0.3) is 0 Å². The van der Waals surface area contributed by atoms with E-state index < -0.39 is 0 Å². The molecular formula is C83H62N2. The Labute approximate surface area is 497 Å². The zero-order valence-corrected chi connectivity index (χ0v) is 48.8. The maximum Gasteiger partial charge on any atom is 0.0541 e. The molecule has 3 aliphatic rings. The Hall–Kier alpha value is -10.0. The van der Waals surface area contributed by atoms with Gasteiger partial charge in [-0.15, -0.1) is 0 Å². The first kappa shape index (κ1) is 49.6. The van der Waals surface area contributed by atoms with Gasteiger partial charge in [0.15, 0.2) is 0 Å². The summed E-state index contributed by atoms with van der Waals surface area (Å²) in [7, 11) is 0. The zero-order valence-electron chi connectivity index (χ0n) is 48.8. The molecule has 2 aromatic heterocycles. The van der Waals surface area contributed by atoms with E-state index in [1.807, 2.05) is 0 Å². The van der Waals surface area contributed by atoms with Crippen LogP contribution in [0.25, 0.3) is 134 Å². The Bertz CT molecular complexity index is 5190. The second-order valence-electron chi connectivity index (χ2n) is 25.7. The molecule has 12 aromatic carbocycles. The molecule has 0 saturated heterocycles. The lowest BCUT2D eigenvalue weighted by Gasteiger charge is -2.24. The molecule has 3 aliphatic carbocycles. The van der Waals surface area contributed by atoms with Gasteiger partial charge in [0.1, 0.15) is 0 Å². The molecule has 0 N–H and O–H groups in total. The largest absolute Gasteiger partial charge is 0.309 e. The number of hydrogen-bond donors (Lipinski definition) is 0. The smallest absolute Gasteiger partial charge is 0.0541 e. The first-order valence-corrected chi connectivity index (χ1v) is 30.1. The normalized spacial score (nSPS) is 14.7. The van der Waals surface area contributed by atoms with E-state index in [9.17, 15) is 0 Å². The third kappa shape index (κ3) is 7.31. The molecule has 85 heavy (non-hydrogen) atoms. The number of rotatable bonds is 7. The van der Waals surface area contributed by atoms with Crippen LogP contribution < -0.4 is 0 Å². The number of nitrogens with zero attached hydrogens (tertiary/aromatic N) is 2. The summed E-state index contributed by atoms with van der Waals surface area (Å²) in [5.74, 6) is 0. The summed E-state index contributed by atoms with van der Waals surface area (Å²) in [6.07, 6.45) is 4.47. The van der Waals surface area contributed by atoms with Crippen molar-refractivity contribution in [3.63, 3.8) is 0 Å². The topological polar surface area (TPSA) is 9.86 Å². The van der Waals surface area contributed by atoms with E-state index >= 15 is 0 Å². The number of hydrogen-bond acceptors (Lipinski definition) is 0. The highest BCUT2D eigenvalue weighted by molar-refractivity contribution is 6.11. The quantitative estimate of drug-likeness (QED) is 0.141. The highest BCUT2D eigenvalue weighted by Crippen LogP contribution is 2.54. The molecule has 404 valence electrons. The van der Waals surface area contributed by atoms with Gasteiger partial charge < -0.3 is 9.13 Å². The standard InChI is InChI=1S/C83H62N2/c1-81(2)71-21-13-10-18-61(71)66-41-36-60(50-76(66)81)85-78-23-15-12-20-68(78)70-45-54(35-43-80(70)85)56-32-38-63-65-40-34-58(49-75(65)83(5,6)73(63)47-56)57-33-39-64-62-37-31-55(46-72(62)82(3,4)74(64)48-57)53-29-26-51(27-30-53)24-25-52-28-42-79-69(44-52)67-19-11-14-22-77(67)84(79)59-16-8-7-9-17-59/h7-50H,1-6H3/b25-24+. The summed E-state index contributed by atoms with van der Waals surface area (Å²) in [6, 6.07) is 96.0. The third-order valence-electron chi connectivity index (χ3n) is 19.9. The van der Waals surface area contributed by atoms with Gasteiger partial charge in [-0.2, -0.15) is 0 Å². The van der Waals surface area contributed by atoms with E-state index in [1.54, 1.807) is 0 Å². The average molecular weight is 1090 g/mol. The Morgan fingerprint density at radius 1 is 0.235 bits per heavy atom. The lowest BCUT2D eigenvalue weighted by molar-refractivity contribution is 0.660. The van der Waals surface area contributed by atoms with Crippen LogP contribution >= 0.6 is 0 Å². The van der Waals surface area contributed by atoms with Gasteiger partial charge in [0, 0.05) is 49.2 Å². The molecule has 17 rings (SSSR count). The fraction of sp³-hybridized carbons (Fsp3) is 0.108. The minimum atomic E-state index is -0.184. The Balaban J connectivity index is 0.631. The maximum atomic E-state index is 2.48. The summed E-state index contributed by atoms with van der Waals surface area (Å²) < 4.78 is 4.84. The van der Waals surface area contributed by atoms with Crippen LogP contribution in [0.3, 0.4) is 0 Å². The van der Waals surface area contributed by atoms with Crippen molar-refractivity contribution >= 4 is 55.8 Å². The van der Waals surface area contributed by atoms with Gasteiger partial charge in [-0.25, -0.2) is 0 Å². The van der Waals surface area contributed by atoms with Gasteiger partial charge >= 0.3 is 0 Å². The van der Waals surface area contributed by atoms with E-state index in [0.717, 1.165) is 0 Å². The second-order valence-corrected chi connectivity index (χ2v) is 25.7. The first-order valence-electron chi connectivity index (χ1n) is 30.1. The van der Waals surface area contributed by atoms with Crippen LogP contribution in [0.5, 0.6) is 0 Å². The van der Waals surface area contributed by atoms with E-state index in [1.165, 1.54) is 166 Å². The fourth-order valence-electron chi connectivity index (χ4n) is 15.4. The van der Waals surface area contributed by atoms with Crippen molar-refractivity contribution in [2.75, 3.05) is 0 Å². The molecule has 0 fully saturated rings. The lowest BCUT2D eigenvalue weighted by atomic mass is 9.79. The summed E-state index contributed by atoms with van der Waals surface area (Å²) in [5.41, 5.74) is 33.1. The van der Waals surface area contributed by atoms with Crippen molar-refractivity contribution in [3.05, 3.63) is 299 Å². The van der Waals surface area contributed by atoms with E-state index in [0.29, 0.717) is 0 Å². The van der Waals surface area contributed by atoms with Crippen molar-refractivity contribution < 1.29 is 0 Å². The van der Waals surface area contributed by atoms with Gasteiger partial charge in [-0.05, 0) is 196 Å². The second kappa shape index (κ2) is 18.0. The average Bonchev–Trinajstić information content (AvgIpc) is 1.79. The molecular weight excluding hydrogens is 1020 g/mol. The van der Waals surface area contributed by atoms with Crippen LogP contribution in [0.1, 0.15) is 86.1 Å².